The molecule has 0 atom stereocenters. The Balaban J connectivity index is 2.01. The van der Waals surface area contributed by atoms with E-state index in [9.17, 15) is 9.18 Å². The average molecular weight is 314 g/mol. The van der Waals surface area contributed by atoms with Gasteiger partial charge in [-0.1, -0.05) is 29.8 Å². The summed E-state index contributed by atoms with van der Waals surface area (Å²) in [7, 11) is 0. The van der Waals surface area contributed by atoms with Crippen LogP contribution in [0.15, 0.2) is 47.3 Å². The van der Waals surface area contributed by atoms with Gasteiger partial charge in [0.1, 0.15) is 5.82 Å². The molecule has 2 heterocycles. The number of nitrogens with one attached hydrogen (secondary N) is 2. The van der Waals surface area contributed by atoms with Crippen LogP contribution in [0.5, 0.6) is 0 Å². The van der Waals surface area contributed by atoms with E-state index < -0.39 is 0 Å². The topological polar surface area (TPSA) is 61.5 Å². The number of hydrogen-bond acceptors (Lipinski definition) is 2. The standard InChI is InChI=1S/C16H9ClFN3O/c17-14-10(8-1-3-9(18)4-2-8)5-6-12-11(14)7-13-15(19-12)21-16(22)20-13/h1-7H,(H2,19,20,21,22). The Morgan fingerprint density at radius 1 is 1.05 bits per heavy atom. The molecule has 0 aliphatic heterocycles. The Labute approximate surface area is 128 Å². The highest BCUT2D eigenvalue weighted by atomic mass is 35.5. The van der Waals surface area contributed by atoms with Crippen molar-refractivity contribution in [1.82, 2.24) is 15.0 Å². The van der Waals surface area contributed by atoms with Gasteiger partial charge in [-0.3, -0.25) is 4.98 Å². The molecule has 0 aliphatic carbocycles. The summed E-state index contributed by atoms with van der Waals surface area (Å²) in [5.41, 5.74) is 3.05. The largest absolute Gasteiger partial charge is 0.325 e. The number of nitrogens with zero attached hydrogens (tertiary/aromatic N) is 1. The number of rotatable bonds is 1. The zero-order chi connectivity index (χ0) is 15.3. The Kier molecular flexibility index (Phi) is 2.77. The van der Waals surface area contributed by atoms with Crippen molar-refractivity contribution in [2.45, 2.75) is 0 Å². The zero-order valence-corrected chi connectivity index (χ0v) is 11.9. The van der Waals surface area contributed by atoms with Crippen molar-refractivity contribution in [3.8, 4) is 11.1 Å². The van der Waals surface area contributed by atoms with Gasteiger partial charge >= 0.3 is 5.69 Å². The number of imidazole rings is 1. The van der Waals surface area contributed by atoms with Crippen LogP contribution in [0.4, 0.5) is 4.39 Å². The Bertz CT molecular complexity index is 1070. The van der Waals surface area contributed by atoms with E-state index in [0.29, 0.717) is 21.7 Å². The lowest BCUT2D eigenvalue weighted by atomic mass is 10.0. The molecule has 108 valence electrons. The lowest BCUT2D eigenvalue weighted by molar-refractivity contribution is 0.628. The van der Waals surface area contributed by atoms with E-state index in [2.05, 4.69) is 15.0 Å². The number of halogens is 2. The van der Waals surface area contributed by atoms with E-state index in [4.69, 9.17) is 11.6 Å². The molecule has 0 amide bonds. The minimum absolute atomic E-state index is 0.297. The van der Waals surface area contributed by atoms with Gasteiger partial charge in [0.05, 0.1) is 16.1 Å². The summed E-state index contributed by atoms with van der Waals surface area (Å²) in [5, 5.41) is 1.24. The summed E-state index contributed by atoms with van der Waals surface area (Å²) in [6.45, 7) is 0. The first-order chi connectivity index (χ1) is 10.6. The smallest absolute Gasteiger partial charge is 0.304 e. The highest BCUT2D eigenvalue weighted by Gasteiger charge is 2.11. The second-order valence-electron chi connectivity index (χ2n) is 4.96. The Morgan fingerprint density at radius 2 is 1.82 bits per heavy atom. The first kappa shape index (κ1) is 13.0. The van der Waals surface area contributed by atoms with Gasteiger partial charge in [0, 0.05) is 10.9 Å². The molecular formula is C16H9ClFN3O. The van der Waals surface area contributed by atoms with Gasteiger partial charge in [0.25, 0.3) is 0 Å². The SMILES string of the molecule is O=c1[nH]c2cc3c(Cl)c(-c4ccc(F)cc4)ccc3nc2[nH]1. The molecule has 4 nitrogen and oxygen atoms in total. The molecule has 2 N–H and O–H groups in total. The van der Waals surface area contributed by atoms with Crippen molar-refractivity contribution in [2.75, 3.05) is 0 Å². The third kappa shape index (κ3) is 1.98. The van der Waals surface area contributed by atoms with E-state index in [-0.39, 0.29) is 11.5 Å². The molecule has 2 aromatic heterocycles. The number of benzene rings is 2. The normalized spacial score (nSPS) is 11.4. The number of hydrogen-bond donors (Lipinski definition) is 2. The lowest BCUT2D eigenvalue weighted by Gasteiger charge is -2.08. The maximum Gasteiger partial charge on any atom is 0.325 e. The first-order valence-corrected chi connectivity index (χ1v) is 6.97. The lowest BCUT2D eigenvalue weighted by Crippen LogP contribution is -1.99. The van der Waals surface area contributed by atoms with Gasteiger partial charge in [-0.15, -0.1) is 0 Å². The van der Waals surface area contributed by atoms with Crippen molar-refractivity contribution in [2.24, 2.45) is 0 Å². The molecule has 0 bridgehead atoms. The molecule has 2 aromatic carbocycles. The molecule has 0 radical (unpaired) electrons. The molecule has 0 saturated carbocycles. The number of aromatic amines is 2. The molecule has 0 spiro atoms. The molecule has 0 saturated heterocycles. The second-order valence-corrected chi connectivity index (χ2v) is 5.34. The van der Waals surface area contributed by atoms with Crippen molar-refractivity contribution in [3.63, 3.8) is 0 Å². The molecule has 0 unspecified atom stereocenters. The van der Waals surface area contributed by atoms with Crippen LogP contribution in [0.2, 0.25) is 5.02 Å². The van der Waals surface area contributed by atoms with Crippen LogP contribution in [-0.2, 0) is 0 Å². The monoisotopic (exact) mass is 313 g/mol. The average Bonchev–Trinajstić information content (AvgIpc) is 2.86. The molecule has 4 aromatic rings. The number of H-pyrrole nitrogens is 2. The molecular weight excluding hydrogens is 305 g/mol. The third-order valence-electron chi connectivity index (χ3n) is 3.57. The maximum absolute atomic E-state index is 13.1. The quantitative estimate of drug-likeness (QED) is 0.560. The van der Waals surface area contributed by atoms with Crippen LogP contribution < -0.4 is 5.69 Å². The number of pyridine rings is 1. The summed E-state index contributed by atoms with van der Waals surface area (Å²) in [6, 6.07) is 11.6. The summed E-state index contributed by atoms with van der Waals surface area (Å²) in [4.78, 5) is 21.0. The van der Waals surface area contributed by atoms with Gasteiger partial charge < -0.3 is 4.98 Å². The van der Waals surface area contributed by atoms with Crippen LogP contribution in [0.3, 0.4) is 0 Å². The van der Waals surface area contributed by atoms with E-state index in [1.54, 1.807) is 18.2 Å². The third-order valence-corrected chi connectivity index (χ3v) is 3.98. The maximum atomic E-state index is 13.1. The highest BCUT2D eigenvalue weighted by molar-refractivity contribution is 6.38. The van der Waals surface area contributed by atoms with Crippen molar-refractivity contribution in [3.05, 3.63) is 63.8 Å². The van der Waals surface area contributed by atoms with Crippen LogP contribution in [0.1, 0.15) is 0 Å². The molecule has 0 fully saturated rings. The zero-order valence-electron chi connectivity index (χ0n) is 11.2. The second kappa shape index (κ2) is 4.68. The van der Waals surface area contributed by atoms with E-state index >= 15 is 0 Å². The number of fused-ring (bicyclic) bond motifs is 2. The van der Waals surface area contributed by atoms with Crippen LogP contribution in [0, 0.1) is 5.82 Å². The van der Waals surface area contributed by atoms with Crippen LogP contribution in [0.25, 0.3) is 33.2 Å². The van der Waals surface area contributed by atoms with Crippen molar-refractivity contribution < 1.29 is 4.39 Å². The fraction of sp³-hybridized carbons (Fsp3) is 0. The van der Waals surface area contributed by atoms with Gasteiger partial charge in [-0.25, -0.2) is 14.2 Å². The predicted molar refractivity (Wildman–Crippen MR) is 84.6 cm³/mol. The Hall–Kier alpha value is -2.66. The van der Waals surface area contributed by atoms with E-state index in [0.717, 1.165) is 16.5 Å². The molecule has 4 rings (SSSR count). The van der Waals surface area contributed by atoms with E-state index in [1.807, 2.05) is 12.1 Å². The number of aromatic nitrogens is 3. The Morgan fingerprint density at radius 3 is 2.59 bits per heavy atom. The van der Waals surface area contributed by atoms with Gasteiger partial charge in [0.15, 0.2) is 5.65 Å². The summed E-state index contributed by atoms with van der Waals surface area (Å²) in [6.07, 6.45) is 0. The van der Waals surface area contributed by atoms with Crippen molar-refractivity contribution in [1.29, 1.82) is 0 Å². The summed E-state index contributed by atoms with van der Waals surface area (Å²) in [5.74, 6) is -0.297. The molecule has 6 heteroatoms. The van der Waals surface area contributed by atoms with Crippen LogP contribution >= 0.6 is 11.6 Å². The van der Waals surface area contributed by atoms with E-state index in [1.165, 1.54) is 12.1 Å². The minimum Gasteiger partial charge on any atom is -0.304 e. The van der Waals surface area contributed by atoms with Gasteiger partial charge in [0.2, 0.25) is 0 Å². The predicted octanol–water partition coefficient (Wildman–Crippen LogP) is 3.86. The fourth-order valence-corrected chi connectivity index (χ4v) is 2.84. The summed E-state index contributed by atoms with van der Waals surface area (Å²) < 4.78 is 13.1. The highest BCUT2D eigenvalue weighted by Crippen LogP contribution is 2.34. The first-order valence-electron chi connectivity index (χ1n) is 6.59. The minimum atomic E-state index is -0.312. The van der Waals surface area contributed by atoms with Gasteiger partial charge in [-0.2, -0.15) is 0 Å². The van der Waals surface area contributed by atoms with Crippen LogP contribution in [-0.4, -0.2) is 15.0 Å². The molecule has 0 aliphatic rings. The van der Waals surface area contributed by atoms with Crippen molar-refractivity contribution >= 4 is 33.7 Å². The summed E-state index contributed by atoms with van der Waals surface area (Å²) >= 11 is 6.49. The fourth-order valence-electron chi connectivity index (χ4n) is 2.51. The van der Waals surface area contributed by atoms with Gasteiger partial charge in [-0.05, 0) is 29.8 Å². The molecule has 22 heavy (non-hydrogen) atoms.